The average molecular weight is 225 g/mol. The Kier molecular flexibility index (Phi) is 4.98. The number of carboxylic acid groups (broad SMARTS) is 1. The van der Waals surface area contributed by atoms with Crippen molar-refractivity contribution in [2.24, 2.45) is 0 Å². The van der Waals surface area contributed by atoms with Crippen LogP contribution in [0.3, 0.4) is 0 Å². The number of carbonyl (C=O) groups is 1. The fraction of sp³-hybridized carbons (Fsp3) is 0.636. The highest BCUT2D eigenvalue weighted by atomic mass is 16.4. The Balaban J connectivity index is 2.11. The zero-order valence-corrected chi connectivity index (χ0v) is 9.86. The van der Waals surface area contributed by atoms with Crippen molar-refractivity contribution >= 4 is 5.97 Å². The lowest BCUT2D eigenvalue weighted by molar-refractivity contribution is -0.136. The Morgan fingerprint density at radius 2 is 2.25 bits per heavy atom. The first kappa shape index (κ1) is 12.7. The van der Waals surface area contributed by atoms with Gasteiger partial charge in [0.1, 0.15) is 0 Å². The van der Waals surface area contributed by atoms with E-state index in [1.807, 2.05) is 18.5 Å². The fourth-order valence-electron chi connectivity index (χ4n) is 1.58. The Hall–Kier alpha value is -1.36. The highest BCUT2D eigenvalue weighted by Gasteiger charge is 2.00. The predicted octanol–water partition coefficient (Wildman–Crippen LogP) is 0.954. The molecule has 0 aliphatic carbocycles. The van der Waals surface area contributed by atoms with E-state index in [4.69, 9.17) is 5.11 Å². The first-order chi connectivity index (χ1) is 7.59. The molecule has 1 heterocycles. The second-order valence-electron chi connectivity index (χ2n) is 3.90. The summed E-state index contributed by atoms with van der Waals surface area (Å²) in [6.07, 6.45) is 1.14. The maximum atomic E-state index is 10.2. The molecule has 5 nitrogen and oxygen atoms in total. The van der Waals surface area contributed by atoms with Gasteiger partial charge in [0.15, 0.2) is 0 Å². The lowest BCUT2D eigenvalue weighted by Crippen LogP contribution is -2.20. The topological polar surface area (TPSA) is 67.2 Å². The van der Waals surface area contributed by atoms with Gasteiger partial charge in [-0.15, -0.1) is 0 Å². The lowest BCUT2D eigenvalue weighted by Gasteiger charge is -2.05. The summed E-state index contributed by atoms with van der Waals surface area (Å²) < 4.78 is 1.98. The second kappa shape index (κ2) is 6.27. The lowest BCUT2D eigenvalue weighted by atomic mass is 10.3. The van der Waals surface area contributed by atoms with Gasteiger partial charge in [-0.25, -0.2) is 0 Å². The molecule has 0 saturated carbocycles. The number of aryl methyl sites for hydroxylation is 3. The molecule has 0 aliphatic rings. The van der Waals surface area contributed by atoms with Crippen LogP contribution < -0.4 is 5.32 Å². The van der Waals surface area contributed by atoms with Crippen LogP contribution in [0, 0.1) is 13.8 Å². The molecule has 0 aromatic carbocycles. The van der Waals surface area contributed by atoms with Crippen LogP contribution in [-0.4, -0.2) is 33.9 Å². The maximum absolute atomic E-state index is 10.2. The van der Waals surface area contributed by atoms with Crippen molar-refractivity contribution in [2.75, 3.05) is 13.1 Å². The van der Waals surface area contributed by atoms with E-state index in [1.165, 1.54) is 5.69 Å². The number of nitrogens with zero attached hydrogens (tertiary/aromatic N) is 2. The minimum absolute atomic E-state index is 0.180. The van der Waals surface area contributed by atoms with Gasteiger partial charge in [0.2, 0.25) is 0 Å². The summed E-state index contributed by atoms with van der Waals surface area (Å²) in [4.78, 5) is 10.2. The molecule has 16 heavy (non-hydrogen) atoms. The second-order valence-corrected chi connectivity index (χ2v) is 3.90. The third kappa shape index (κ3) is 4.44. The van der Waals surface area contributed by atoms with Crippen LogP contribution in [0.25, 0.3) is 0 Å². The standard InChI is InChI=1S/C11H19N3O2/c1-9-8-10(2)14(13-9)7-3-5-12-6-4-11(15)16/h8,12H,3-7H2,1-2H3,(H,15,16). The van der Waals surface area contributed by atoms with Gasteiger partial charge in [0, 0.05) is 18.8 Å². The molecule has 2 N–H and O–H groups in total. The molecule has 0 amide bonds. The van der Waals surface area contributed by atoms with E-state index in [0.717, 1.165) is 25.2 Å². The van der Waals surface area contributed by atoms with Gasteiger partial charge in [0.05, 0.1) is 12.1 Å². The van der Waals surface area contributed by atoms with Crippen LogP contribution >= 0.6 is 0 Å². The summed E-state index contributed by atoms with van der Waals surface area (Å²) >= 11 is 0. The van der Waals surface area contributed by atoms with Crippen LogP contribution in [0.4, 0.5) is 0 Å². The highest BCUT2D eigenvalue weighted by Crippen LogP contribution is 2.01. The zero-order valence-electron chi connectivity index (χ0n) is 9.86. The van der Waals surface area contributed by atoms with Crippen LogP contribution in [-0.2, 0) is 11.3 Å². The van der Waals surface area contributed by atoms with E-state index < -0.39 is 5.97 Å². The van der Waals surface area contributed by atoms with Gasteiger partial charge in [-0.2, -0.15) is 5.10 Å². The number of aromatic nitrogens is 2. The molecule has 90 valence electrons. The SMILES string of the molecule is Cc1cc(C)n(CCCNCCC(=O)O)n1. The number of nitrogens with one attached hydrogen (secondary N) is 1. The molecule has 0 fully saturated rings. The first-order valence-corrected chi connectivity index (χ1v) is 5.53. The molecule has 5 heteroatoms. The van der Waals surface area contributed by atoms with Crippen LogP contribution in [0.15, 0.2) is 6.07 Å². The van der Waals surface area contributed by atoms with Gasteiger partial charge in [-0.1, -0.05) is 0 Å². The highest BCUT2D eigenvalue weighted by molar-refractivity contribution is 5.66. The monoisotopic (exact) mass is 225 g/mol. The fourth-order valence-corrected chi connectivity index (χ4v) is 1.58. The molecule has 0 radical (unpaired) electrons. The number of carboxylic acids is 1. The number of hydrogen-bond acceptors (Lipinski definition) is 3. The van der Waals surface area contributed by atoms with Gasteiger partial charge in [-0.05, 0) is 32.9 Å². The molecule has 1 aromatic heterocycles. The first-order valence-electron chi connectivity index (χ1n) is 5.53. The van der Waals surface area contributed by atoms with Crippen molar-refractivity contribution in [1.82, 2.24) is 15.1 Å². The minimum atomic E-state index is -0.758. The average Bonchev–Trinajstić information content (AvgIpc) is 2.50. The smallest absolute Gasteiger partial charge is 0.304 e. The van der Waals surface area contributed by atoms with Crippen molar-refractivity contribution in [2.45, 2.75) is 33.2 Å². The molecule has 1 rings (SSSR count). The Bertz CT molecular complexity index is 347. The quantitative estimate of drug-likeness (QED) is 0.678. The van der Waals surface area contributed by atoms with Crippen molar-refractivity contribution in [1.29, 1.82) is 0 Å². The van der Waals surface area contributed by atoms with Gasteiger partial charge >= 0.3 is 5.97 Å². The summed E-state index contributed by atoms with van der Waals surface area (Å²) in [5.74, 6) is -0.758. The molecule has 0 spiro atoms. The molecule has 0 aliphatic heterocycles. The molecule has 0 saturated heterocycles. The number of rotatable bonds is 7. The number of hydrogen-bond donors (Lipinski definition) is 2. The zero-order chi connectivity index (χ0) is 12.0. The largest absolute Gasteiger partial charge is 0.481 e. The van der Waals surface area contributed by atoms with E-state index in [9.17, 15) is 4.79 Å². The summed E-state index contributed by atoms with van der Waals surface area (Å²) in [6.45, 7) is 6.25. The van der Waals surface area contributed by atoms with E-state index >= 15 is 0 Å². The summed E-state index contributed by atoms with van der Waals surface area (Å²) in [7, 11) is 0. The third-order valence-corrected chi connectivity index (χ3v) is 2.34. The van der Waals surface area contributed by atoms with Gasteiger partial charge < -0.3 is 10.4 Å². The van der Waals surface area contributed by atoms with Crippen molar-refractivity contribution in [3.8, 4) is 0 Å². The van der Waals surface area contributed by atoms with E-state index in [1.54, 1.807) is 0 Å². The Labute approximate surface area is 95.5 Å². The van der Waals surface area contributed by atoms with E-state index in [2.05, 4.69) is 16.5 Å². The van der Waals surface area contributed by atoms with Crippen molar-refractivity contribution in [3.05, 3.63) is 17.5 Å². The van der Waals surface area contributed by atoms with Crippen LogP contribution in [0.1, 0.15) is 24.2 Å². The summed E-state index contributed by atoms with van der Waals surface area (Å²) in [5, 5.41) is 15.9. The summed E-state index contributed by atoms with van der Waals surface area (Å²) in [5.41, 5.74) is 2.21. The molecule has 0 bridgehead atoms. The summed E-state index contributed by atoms with van der Waals surface area (Å²) in [6, 6.07) is 2.05. The van der Waals surface area contributed by atoms with Crippen LogP contribution in [0.5, 0.6) is 0 Å². The van der Waals surface area contributed by atoms with Gasteiger partial charge in [0.25, 0.3) is 0 Å². The maximum Gasteiger partial charge on any atom is 0.304 e. The molecular weight excluding hydrogens is 206 g/mol. The molecule has 0 unspecified atom stereocenters. The minimum Gasteiger partial charge on any atom is -0.481 e. The van der Waals surface area contributed by atoms with E-state index in [-0.39, 0.29) is 6.42 Å². The Morgan fingerprint density at radius 3 is 2.81 bits per heavy atom. The predicted molar refractivity (Wildman–Crippen MR) is 61.4 cm³/mol. The van der Waals surface area contributed by atoms with Gasteiger partial charge in [-0.3, -0.25) is 9.48 Å². The normalized spacial score (nSPS) is 10.6. The molecular formula is C11H19N3O2. The third-order valence-electron chi connectivity index (χ3n) is 2.34. The number of aliphatic carboxylic acids is 1. The Morgan fingerprint density at radius 1 is 1.50 bits per heavy atom. The molecule has 1 aromatic rings. The van der Waals surface area contributed by atoms with E-state index in [0.29, 0.717) is 6.54 Å². The van der Waals surface area contributed by atoms with Crippen molar-refractivity contribution < 1.29 is 9.90 Å². The molecule has 0 atom stereocenters. The van der Waals surface area contributed by atoms with Crippen molar-refractivity contribution in [3.63, 3.8) is 0 Å². The van der Waals surface area contributed by atoms with Crippen LogP contribution in [0.2, 0.25) is 0 Å².